The van der Waals surface area contributed by atoms with Gasteiger partial charge in [0, 0.05) is 5.57 Å². The van der Waals surface area contributed by atoms with E-state index in [0.29, 0.717) is 18.6 Å². The molecule has 3 nitrogen and oxygen atoms in total. The normalized spacial score (nSPS) is 11.1. The Morgan fingerprint density at radius 3 is 2.65 bits per heavy atom. The maximum absolute atomic E-state index is 11.3. The molecule has 0 heterocycles. The molecule has 0 spiro atoms. The Hall–Kier alpha value is -1.77. The number of methoxy groups -OCH3 is 1. The van der Waals surface area contributed by atoms with E-state index in [0.717, 1.165) is 11.3 Å². The largest absolute Gasteiger partial charge is 0.489 e. The third-order valence-electron chi connectivity index (χ3n) is 2.49. The van der Waals surface area contributed by atoms with Crippen LogP contribution in [-0.4, -0.2) is 19.7 Å². The van der Waals surface area contributed by atoms with Crippen molar-refractivity contribution in [2.75, 3.05) is 13.7 Å². The van der Waals surface area contributed by atoms with E-state index in [-0.39, 0.29) is 5.97 Å². The minimum Gasteiger partial charge on any atom is -0.489 e. The Kier molecular flexibility index (Phi) is 5.27. The quantitative estimate of drug-likeness (QED) is 0.580. The first-order valence-electron chi connectivity index (χ1n) is 5.64. The van der Waals surface area contributed by atoms with Gasteiger partial charge < -0.3 is 9.47 Å². The van der Waals surface area contributed by atoms with Crippen LogP contribution in [0.15, 0.2) is 35.9 Å². The van der Waals surface area contributed by atoms with Crippen LogP contribution in [0.3, 0.4) is 0 Å². The van der Waals surface area contributed by atoms with Crippen LogP contribution in [0.1, 0.15) is 18.9 Å². The van der Waals surface area contributed by atoms with E-state index >= 15 is 0 Å². The minimum atomic E-state index is -0.291. The number of hydrogen-bond acceptors (Lipinski definition) is 3. The van der Waals surface area contributed by atoms with E-state index in [2.05, 4.69) is 4.74 Å². The molecule has 1 aromatic carbocycles. The molecule has 0 aromatic heterocycles. The van der Waals surface area contributed by atoms with Crippen molar-refractivity contribution < 1.29 is 14.3 Å². The van der Waals surface area contributed by atoms with Gasteiger partial charge in [0.25, 0.3) is 0 Å². The van der Waals surface area contributed by atoms with Gasteiger partial charge in [-0.3, -0.25) is 0 Å². The third kappa shape index (κ3) is 3.94. The van der Waals surface area contributed by atoms with E-state index in [1.165, 1.54) is 7.11 Å². The van der Waals surface area contributed by atoms with Gasteiger partial charge in [-0.2, -0.15) is 0 Å². The Labute approximate surface area is 102 Å². The van der Waals surface area contributed by atoms with Crippen molar-refractivity contribution in [3.63, 3.8) is 0 Å². The molecule has 0 aliphatic rings. The molecular formula is C14H18O3. The number of aryl methyl sites for hydroxylation is 1. The third-order valence-corrected chi connectivity index (χ3v) is 2.49. The lowest BCUT2D eigenvalue weighted by Crippen LogP contribution is -2.06. The number of para-hydroxylation sites is 1. The standard InChI is InChI=1S/C14H18O3/c1-4-12(14(15)16-3)9-10-17-13-8-6-5-7-11(13)2/h5-9H,4,10H2,1-3H3. The summed E-state index contributed by atoms with van der Waals surface area (Å²) in [6, 6.07) is 7.78. The van der Waals surface area contributed by atoms with E-state index in [4.69, 9.17) is 4.74 Å². The predicted octanol–water partition coefficient (Wildman–Crippen LogP) is 2.88. The van der Waals surface area contributed by atoms with Crippen LogP contribution in [0.25, 0.3) is 0 Å². The van der Waals surface area contributed by atoms with Crippen molar-refractivity contribution in [3.8, 4) is 5.75 Å². The number of ether oxygens (including phenoxy) is 2. The van der Waals surface area contributed by atoms with E-state index in [1.807, 2.05) is 38.1 Å². The van der Waals surface area contributed by atoms with Gasteiger partial charge in [-0.15, -0.1) is 0 Å². The van der Waals surface area contributed by atoms with Crippen LogP contribution in [-0.2, 0) is 9.53 Å². The molecule has 0 radical (unpaired) electrons. The lowest BCUT2D eigenvalue weighted by Gasteiger charge is -2.07. The first-order chi connectivity index (χ1) is 8.19. The Bertz CT molecular complexity index is 408. The lowest BCUT2D eigenvalue weighted by atomic mass is 10.2. The van der Waals surface area contributed by atoms with Crippen molar-refractivity contribution in [2.24, 2.45) is 0 Å². The molecule has 0 fully saturated rings. The van der Waals surface area contributed by atoms with E-state index in [9.17, 15) is 4.79 Å². The molecule has 0 atom stereocenters. The average molecular weight is 234 g/mol. The molecule has 0 aliphatic heterocycles. The van der Waals surface area contributed by atoms with Crippen molar-refractivity contribution in [2.45, 2.75) is 20.3 Å². The average Bonchev–Trinajstić information content (AvgIpc) is 2.36. The second kappa shape index (κ2) is 6.74. The highest BCUT2D eigenvalue weighted by atomic mass is 16.5. The van der Waals surface area contributed by atoms with Gasteiger partial charge in [-0.1, -0.05) is 25.1 Å². The molecule has 0 saturated heterocycles. The van der Waals surface area contributed by atoms with E-state index in [1.54, 1.807) is 6.08 Å². The highest BCUT2D eigenvalue weighted by molar-refractivity contribution is 5.88. The van der Waals surface area contributed by atoms with Gasteiger partial charge in [0.2, 0.25) is 0 Å². The van der Waals surface area contributed by atoms with Crippen molar-refractivity contribution in [1.82, 2.24) is 0 Å². The van der Waals surface area contributed by atoms with Gasteiger partial charge in [0.1, 0.15) is 12.4 Å². The number of esters is 1. The zero-order valence-electron chi connectivity index (χ0n) is 10.5. The fraction of sp³-hybridized carbons (Fsp3) is 0.357. The van der Waals surface area contributed by atoms with Crippen LogP contribution in [0.4, 0.5) is 0 Å². The number of benzene rings is 1. The molecular weight excluding hydrogens is 216 g/mol. The topological polar surface area (TPSA) is 35.5 Å². The predicted molar refractivity (Wildman–Crippen MR) is 67.1 cm³/mol. The Morgan fingerprint density at radius 1 is 1.35 bits per heavy atom. The minimum absolute atomic E-state index is 0.291. The van der Waals surface area contributed by atoms with Gasteiger partial charge in [-0.05, 0) is 31.1 Å². The second-order valence-electron chi connectivity index (χ2n) is 3.65. The van der Waals surface area contributed by atoms with Crippen LogP contribution in [0, 0.1) is 6.92 Å². The molecule has 17 heavy (non-hydrogen) atoms. The van der Waals surface area contributed by atoms with Gasteiger partial charge in [-0.25, -0.2) is 4.79 Å². The number of carbonyl (C=O) groups excluding carboxylic acids is 1. The summed E-state index contributed by atoms with van der Waals surface area (Å²) in [5, 5.41) is 0. The molecule has 0 amide bonds. The van der Waals surface area contributed by atoms with Gasteiger partial charge in [0.15, 0.2) is 0 Å². The highest BCUT2D eigenvalue weighted by Gasteiger charge is 2.06. The maximum atomic E-state index is 11.3. The van der Waals surface area contributed by atoms with E-state index < -0.39 is 0 Å². The zero-order valence-corrected chi connectivity index (χ0v) is 10.5. The van der Waals surface area contributed by atoms with Crippen molar-refractivity contribution in [1.29, 1.82) is 0 Å². The summed E-state index contributed by atoms with van der Waals surface area (Å²) < 4.78 is 10.2. The lowest BCUT2D eigenvalue weighted by molar-refractivity contribution is -0.136. The van der Waals surface area contributed by atoms with Crippen LogP contribution < -0.4 is 4.74 Å². The fourth-order valence-corrected chi connectivity index (χ4v) is 1.45. The highest BCUT2D eigenvalue weighted by Crippen LogP contribution is 2.16. The van der Waals surface area contributed by atoms with Crippen molar-refractivity contribution in [3.05, 3.63) is 41.5 Å². The molecule has 0 unspecified atom stereocenters. The second-order valence-corrected chi connectivity index (χ2v) is 3.65. The Morgan fingerprint density at radius 2 is 2.06 bits per heavy atom. The molecule has 3 heteroatoms. The Balaban J connectivity index is 2.59. The summed E-state index contributed by atoms with van der Waals surface area (Å²) in [7, 11) is 1.38. The van der Waals surface area contributed by atoms with Crippen molar-refractivity contribution >= 4 is 5.97 Å². The fourth-order valence-electron chi connectivity index (χ4n) is 1.45. The first kappa shape index (κ1) is 13.3. The van der Waals surface area contributed by atoms with Gasteiger partial charge >= 0.3 is 5.97 Å². The number of carbonyl (C=O) groups is 1. The van der Waals surface area contributed by atoms with Gasteiger partial charge in [0.05, 0.1) is 7.11 Å². The molecule has 0 N–H and O–H groups in total. The number of rotatable bonds is 5. The first-order valence-corrected chi connectivity index (χ1v) is 5.64. The summed E-state index contributed by atoms with van der Waals surface area (Å²) >= 11 is 0. The molecule has 0 saturated carbocycles. The maximum Gasteiger partial charge on any atom is 0.333 e. The molecule has 92 valence electrons. The summed E-state index contributed by atoms with van der Waals surface area (Å²) in [6.45, 7) is 4.28. The zero-order chi connectivity index (χ0) is 12.7. The summed E-state index contributed by atoms with van der Waals surface area (Å²) in [5.74, 6) is 0.546. The molecule has 1 rings (SSSR count). The summed E-state index contributed by atoms with van der Waals surface area (Å²) in [5.41, 5.74) is 1.72. The molecule has 0 aliphatic carbocycles. The van der Waals surface area contributed by atoms with Crippen LogP contribution >= 0.6 is 0 Å². The molecule has 1 aromatic rings. The van der Waals surface area contributed by atoms with Crippen LogP contribution in [0.2, 0.25) is 0 Å². The monoisotopic (exact) mass is 234 g/mol. The summed E-state index contributed by atoms with van der Waals surface area (Å²) in [6.07, 6.45) is 2.40. The smallest absolute Gasteiger partial charge is 0.333 e. The van der Waals surface area contributed by atoms with Crippen LogP contribution in [0.5, 0.6) is 5.75 Å². The summed E-state index contributed by atoms with van der Waals surface area (Å²) in [4.78, 5) is 11.3. The SMILES string of the molecule is CCC(=CCOc1ccccc1C)C(=O)OC. The molecule has 0 bridgehead atoms. The number of hydrogen-bond donors (Lipinski definition) is 0.